The molecule has 0 aliphatic carbocycles. The first kappa shape index (κ1) is 22.0. The molecule has 0 saturated carbocycles. The van der Waals surface area contributed by atoms with Crippen LogP contribution in [0, 0.1) is 5.82 Å². The van der Waals surface area contributed by atoms with Gasteiger partial charge in [-0.25, -0.2) is 4.39 Å². The number of anilines is 1. The number of halogens is 1. The zero-order chi connectivity index (χ0) is 22.3. The Kier molecular flexibility index (Phi) is 7.17. The number of amides is 2. The van der Waals surface area contributed by atoms with Crippen LogP contribution >= 0.6 is 11.3 Å². The van der Waals surface area contributed by atoms with Gasteiger partial charge in [0.25, 0.3) is 11.8 Å². The predicted octanol–water partition coefficient (Wildman–Crippen LogP) is 4.26. The maximum absolute atomic E-state index is 13.4. The number of carbonyl (C=O) groups excluding carboxylic acids is 2. The van der Waals surface area contributed by atoms with Gasteiger partial charge in [-0.2, -0.15) is 0 Å². The fourth-order valence-electron chi connectivity index (χ4n) is 3.95. The van der Waals surface area contributed by atoms with E-state index in [1.54, 1.807) is 17.4 Å². The zero-order valence-electron chi connectivity index (χ0n) is 17.7. The monoisotopic (exact) mass is 451 g/mol. The molecular weight excluding hydrogens is 425 g/mol. The summed E-state index contributed by atoms with van der Waals surface area (Å²) in [6, 6.07) is 17.5. The van der Waals surface area contributed by atoms with E-state index < -0.39 is 5.82 Å². The lowest BCUT2D eigenvalue weighted by atomic mass is 10.0. The van der Waals surface area contributed by atoms with Gasteiger partial charge in [0.15, 0.2) is 0 Å². The van der Waals surface area contributed by atoms with Crippen molar-refractivity contribution in [2.45, 2.75) is 25.3 Å². The molecule has 32 heavy (non-hydrogen) atoms. The number of thiophene rings is 1. The number of rotatable bonds is 7. The van der Waals surface area contributed by atoms with Gasteiger partial charge in [0, 0.05) is 41.8 Å². The Morgan fingerprint density at radius 3 is 2.56 bits per heavy atom. The van der Waals surface area contributed by atoms with Crippen LogP contribution in [-0.2, 0) is 6.42 Å². The molecular formula is C25H26FN3O2S. The molecule has 0 atom stereocenters. The second-order valence-corrected chi connectivity index (χ2v) is 8.88. The highest BCUT2D eigenvalue weighted by Crippen LogP contribution is 2.24. The summed E-state index contributed by atoms with van der Waals surface area (Å²) in [5.74, 6) is -0.745. The first-order valence-corrected chi connectivity index (χ1v) is 11.7. The lowest BCUT2D eigenvalue weighted by Crippen LogP contribution is -2.45. The van der Waals surface area contributed by atoms with Gasteiger partial charge in [-0.1, -0.05) is 24.3 Å². The van der Waals surface area contributed by atoms with Gasteiger partial charge in [0.1, 0.15) is 5.82 Å². The summed E-state index contributed by atoms with van der Waals surface area (Å²) in [6.45, 7) is 2.06. The van der Waals surface area contributed by atoms with Crippen LogP contribution in [0.5, 0.6) is 0 Å². The smallest absolute Gasteiger partial charge is 0.253 e. The second kappa shape index (κ2) is 10.4. The van der Waals surface area contributed by atoms with Crippen LogP contribution in [0.25, 0.3) is 0 Å². The molecule has 166 valence electrons. The van der Waals surface area contributed by atoms with E-state index in [2.05, 4.69) is 21.6 Å². The van der Waals surface area contributed by atoms with Crippen LogP contribution in [-0.4, -0.2) is 37.5 Å². The number of carbonyl (C=O) groups is 2. The molecule has 1 aliphatic rings. The molecule has 4 rings (SSSR count). The van der Waals surface area contributed by atoms with E-state index in [0.717, 1.165) is 38.0 Å². The van der Waals surface area contributed by atoms with Crippen molar-refractivity contribution in [1.29, 1.82) is 0 Å². The van der Waals surface area contributed by atoms with E-state index in [1.165, 1.54) is 23.1 Å². The molecule has 0 spiro atoms. The Hall–Kier alpha value is -3.19. The van der Waals surface area contributed by atoms with Crippen LogP contribution in [0.4, 0.5) is 10.1 Å². The van der Waals surface area contributed by atoms with Crippen LogP contribution in [0.15, 0.2) is 66.0 Å². The number of hydrogen-bond donors (Lipinski definition) is 2. The van der Waals surface area contributed by atoms with Crippen molar-refractivity contribution >= 4 is 28.8 Å². The number of benzene rings is 2. The molecule has 5 nitrogen and oxygen atoms in total. The SMILES string of the molecule is O=C(NC1CCN(c2ccccc2C(=O)NCCc2cccs2)CC1)c1cccc(F)c1. The summed E-state index contributed by atoms with van der Waals surface area (Å²) >= 11 is 1.69. The maximum Gasteiger partial charge on any atom is 0.253 e. The number of piperidine rings is 1. The molecule has 1 aliphatic heterocycles. The Bertz CT molecular complexity index is 1060. The average Bonchev–Trinajstić information content (AvgIpc) is 3.33. The van der Waals surface area contributed by atoms with Gasteiger partial charge >= 0.3 is 0 Å². The lowest BCUT2D eigenvalue weighted by Gasteiger charge is -2.35. The number of nitrogens with one attached hydrogen (secondary N) is 2. The van der Waals surface area contributed by atoms with Crippen LogP contribution in [0.2, 0.25) is 0 Å². The first-order chi connectivity index (χ1) is 15.6. The van der Waals surface area contributed by atoms with Gasteiger partial charge in [0.2, 0.25) is 0 Å². The van der Waals surface area contributed by atoms with Gasteiger partial charge in [0.05, 0.1) is 5.56 Å². The van der Waals surface area contributed by atoms with E-state index in [9.17, 15) is 14.0 Å². The third kappa shape index (κ3) is 5.53. The topological polar surface area (TPSA) is 61.4 Å². The fourth-order valence-corrected chi connectivity index (χ4v) is 4.66. The van der Waals surface area contributed by atoms with E-state index >= 15 is 0 Å². The molecule has 2 N–H and O–H groups in total. The highest BCUT2D eigenvalue weighted by atomic mass is 32.1. The number of hydrogen-bond acceptors (Lipinski definition) is 4. The largest absolute Gasteiger partial charge is 0.371 e. The van der Waals surface area contributed by atoms with Crippen molar-refractivity contribution in [3.05, 3.63) is 87.9 Å². The molecule has 2 heterocycles. The summed E-state index contributed by atoms with van der Waals surface area (Å²) in [6.07, 6.45) is 2.34. The third-order valence-electron chi connectivity index (χ3n) is 5.64. The lowest BCUT2D eigenvalue weighted by molar-refractivity contribution is 0.0929. The Morgan fingerprint density at radius 1 is 1.00 bits per heavy atom. The highest BCUT2D eigenvalue weighted by molar-refractivity contribution is 7.09. The van der Waals surface area contributed by atoms with Crippen LogP contribution in [0.1, 0.15) is 38.4 Å². The van der Waals surface area contributed by atoms with Crippen molar-refractivity contribution in [1.82, 2.24) is 10.6 Å². The molecule has 1 aromatic heterocycles. The van der Waals surface area contributed by atoms with Crippen LogP contribution < -0.4 is 15.5 Å². The van der Waals surface area contributed by atoms with Gasteiger partial charge in [-0.15, -0.1) is 11.3 Å². The predicted molar refractivity (Wildman–Crippen MR) is 126 cm³/mol. The molecule has 2 amide bonds. The summed E-state index contributed by atoms with van der Waals surface area (Å²) < 4.78 is 13.4. The first-order valence-electron chi connectivity index (χ1n) is 10.8. The molecule has 1 saturated heterocycles. The highest BCUT2D eigenvalue weighted by Gasteiger charge is 2.24. The molecule has 0 radical (unpaired) electrons. The average molecular weight is 452 g/mol. The summed E-state index contributed by atoms with van der Waals surface area (Å²) in [5, 5.41) is 8.07. The van der Waals surface area contributed by atoms with E-state index in [0.29, 0.717) is 17.7 Å². The molecule has 0 unspecified atom stereocenters. The fraction of sp³-hybridized carbons (Fsp3) is 0.280. The summed E-state index contributed by atoms with van der Waals surface area (Å²) in [7, 11) is 0. The van der Waals surface area contributed by atoms with Gasteiger partial charge < -0.3 is 15.5 Å². The van der Waals surface area contributed by atoms with Gasteiger partial charge in [-0.05, 0) is 61.0 Å². The standard InChI is InChI=1S/C25H26FN3O2S/c26-19-6-3-5-18(17-19)24(30)28-20-11-14-29(15-12-20)23-9-2-1-8-22(23)25(31)27-13-10-21-7-4-16-32-21/h1-9,16-17,20H,10-15H2,(H,27,31)(H,28,30). The molecule has 1 fully saturated rings. The second-order valence-electron chi connectivity index (χ2n) is 7.85. The third-order valence-corrected chi connectivity index (χ3v) is 6.58. The molecule has 0 bridgehead atoms. The van der Waals surface area contributed by atoms with Crippen LogP contribution in [0.3, 0.4) is 0 Å². The van der Waals surface area contributed by atoms with Crippen molar-refractivity contribution in [2.75, 3.05) is 24.5 Å². The molecule has 3 aromatic rings. The van der Waals surface area contributed by atoms with Crippen molar-refractivity contribution in [2.24, 2.45) is 0 Å². The van der Waals surface area contributed by atoms with E-state index in [4.69, 9.17) is 0 Å². The maximum atomic E-state index is 13.4. The summed E-state index contributed by atoms with van der Waals surface area (Å²) in [4.78, 5) is 28.7. The minimum Gasteiger partial charge on any atom is -0.371 e. The van der Waals surface area contributed by atoms with Gasteiger partial charge in [-0.3, -0.25) is 9.59 Å². The van der Waals surface area contributed by atoms with E-state index in [1.807, 2.05) is 35.7 Å². The zero-order valence-corrected chi connectivity index (χ0v) is 18.5. The molecule has 2 aromatic carbocycles. The number of para-hydroxylation sites is 1. The van der Waals surface area contributed by atoms with Crippen molar-refractivity contribution in [3.8, 4) is 0 Å². The molecule has 7 heteroatoms. The Balaban J connectivity index is 1.32. The minimum atomic E-state index is -0.419. The number of nitrogens with zero attached hydrogens (tertiary/aromatic N) is 1. The normalized spacial score (nSPS) is 14.2. The Morgan fingerprint density at radius 2 is 1.81 bits per heavy atom. The summed E-state index contributed by atoms with van der Waals surface area (Å²) in [5.41, 5.74) is 1.91. The van der Waals surface area contributed by atoms with E-state index in [-0.39, 0.29) is 17.9 Å². The van der Waals surface area contributed by atoms with Crippen molar-refractivity contribution < 1.29 is 14.0 Å². The van der Waals surface area contributed by atoms with Crippen molar-refractivity contribution in [3.63, 3.8) is 0 Å². The minimum absolute atomic E-state index is 0.0220. The quantitative estimate of drug-likeness (QED) is 0.564. The Labute approximate surface area is 191 Å².